The summed E-state index contributed by atoms with van der Waals surface area (Å²) in [5.74, 6) is 0.616. The molecule has 0 aliphatic carbocycles. The summed E-state index contributed by atoms with van der Waals surface area (Å²) in [7, 11) is 0. The number of hydrogen-bond donors (Lipinski definition) is 0. The Kier molecular flexibility index (Phi) is 4.87. The van der Waals surface area contributed by atoms with E-state index >= 15 is 0 Å². The maximum absolute atomic E-state index is 11.7. The van der Waals surface area contributed by atoms with Crippen molar-refractivity contribution in [2.75, 3.05) is 6.54 Å². The van der Waals surface area contributed by atoms with Crippen molar-refractivity contribution in [2.45, 2.75) is 19.9 Å². The molecule has 1 aromatic rings. The summed E-state index contributed by atoms with van der Waals surface area (Å²) in [5, 5.41) is 8.52. The second-order valence-corrected chi connectivity index (χ2v) is 3.25. The van der Waals surface area contributed by atoms with Gasteiger partial charge < -0.3 is 9.32 Å². The van der Waals surface area contributed by atoms with Gasteiger partial charge in [0.2, 0.25) is 5.91 Å². The minimum atomic E-state index is -0.103. The fraction of sp³-hybridized carbons (Fsp3) is 0.333. The van der Waals surface area contributed by atoms with Crippen molar-refractivity contribution in [2.24, 2.45) is 0 Å². The van der Waals surface area contributed by atoms with Gasteiger partial charge in [-0.3, -0.25) is 4.79 Å². The van der Waals surface area contributed by atoms with E-state index in [0.717, 1.165) is 5.76 Å². The predicted octanol–water partition coefficient (Wildman–Crippen LogP) is 2.10. The van der Waals surface area contributed by atoms with Gasteiger partial charge in [0.15, 0.2) is 0 Å². The fourth-order valence-corrected chi connectivity index (χ4v) is 1.29. The molecule has 4 heteroatoms. The Balaban J connectivity index is 2.64. The summed E-state index contributed by atoms with van der Waals surface area (Å²) in [6.07, 6.45) is 5.06. The largest absolute Gasteiger partial charge is 0.467 e. The van der Waals surface area contributed by atoms with Crippen molar-refractivity contribution >= 4 is 5.91 Å². The second-order valence-electron chi connectivity index (χ2n) is 3.25. The Morgan fingerprint density at radius 3 is 3.06 bits per heavy atom. The second kappa shape index (κ2) is 6.46. The first-order valence-corrected chi connectivity index (χ1v) is 5.09. The molecular formula is C12H14N2O2. The maximum Gasteiger partial charge on any atom is 0.246 e. The minimum absolute atomic E-state index is 0.103. The monoisotopic (exact) mass is 218 g/mol. The van der Waals surface area contributed by atoms with Crippen LogP contribution >= 0.6 is 0 Å². The van der Waals surface area contributed by atoms with Gasteiger partial charge in [-0.1, -0.05) is 6.08 Å². The van der Waals surface area contributed by atoms with Crippen LogP contribution < -0.4 is 0 Å². The van der Waals surface area contributed by atoms with E-state index in [1.807, 2.05) is 12.1 Å². The molecule has 0 radical (unpaired) electrons. The van der Waals surface area contributed by atoms with Crippen LogP contribution in [0.25, 0.3) is 0 Å². The molecule has 0 unspecified atom stereocenters. The van der Waals surface area contributed by atoms with Crippen LogP contribution in [0.4, 0.5) is 0 Å². The summed E-state index contributed by atoms with van der Waals surface area (Å²) in [6.45, 7) is 2.60. The molecule has 0 bridgehead atoms. The van der Waals surface area contributed by atoms with Gasteiger partial charge in [0, 0.05) is 6.54 Å². The van der Waals surface area contributed by atoms with Crippen molar-refractivity contribution in [1.82, 2.24) is 4.90 Å². The third-order valence-electron chi connectivity index (χ3n) is 2.04. The standard InChI is InChI=1S/C12H14N2O2/c1-2-5-12(15)14(8-4-7-13)10-11-6-3-9-16-11/h2-3,5-6,9H,4,8,10H2,1H3. The van der Waals surface area contributed by atoms with E-state index in [9.17, 15) is 4.79 Å². The first-order valence-electron chi connectivity index (χ1n) is 5.09. The van der Waals surface area contributed by atoms with Crippen molar-refractivity contribution in [3.8, 4) is 6.07 Å². The summed E-state index contributed by atoms with van der Waals surface area (Å²) >= 11 is 0. The van der Waals surface area contributed by atoms with E-state index in [-0.39, 0.29) is 5.91 Å². The van der Waals surface area contributed by atoms with E-state index in [4.69, 9.17) is 9.68 Å². The lowest BCUT2D eigenvalue weighted by Crippen LogP contribution is -2.29. The first kappa shape index (κ1) is 12.1. The van der Waals surface area contributed by atoms with Crippen LogP contribution in [0.1, 0.15) is 19.1 Å². The van der Waals surface area contributed by atoms with Crippen LogP contribution in [0.2, 0.25) is 0 Å². The third kappa shape index (κ3) is 3.62. The SMILES string of the molecule is CC=CC(=O)N(CCC#N)Cc1ccco1. The molecule has 1 amide bonds. The summed E-state index contributed by atoms with van der Waals surface area (Å²) in [4.78, 5) is 13.2. The average molecular weight is 218 g/mol. The predicted molar refractivity (Wildman–Crippen MR) is 59.2 cm³/mol. The molecule has 1 heterocycles. The van der Waals surface area contributed by atoms with Crippen molar-refractivity contribution in [3.63, 3.8) is 0 Å². The van der Waals surface area contributed by atoms with Gasteiger partial charge in [-0.2, -0.15) is 5.26 Å². The van der Waals surface area contributed by atoms with E-state index in [2.05, 4.69) is 0 Å². The maximum atomic E-state index is 11.7. The zero-order chi connectivity index (χ0) is 11.8. The number of nitriles is 1. The number of rotatable bonds is 5. The lowest BCUT2D eigenvalue weighted by Gasteiger charge is -2.18. The summed E-state index contributed by atoms with van der Waals surface area (Å²) < 4.78 is 5.17. The van der Waals surface area contributed by atoms with Gasteiger partial charge in [-0.25, -0.2) is 0 Å². The molecule has 1 aromatic heterocycles. The molecule has 1 rings (SSSR count). The summed E-state index contributed by atoms with van der Waals surface area (Å²) in [6, 6.07) is 5.61. The number of hydrogen-bond acceptors (Lipinski definition) is 3. The molecule has 4 nitrogen and oxygen atoms in total. The zero-order valence-electron chi connectivity index (χ0n) is 9.22. The molecule has 0 spiro atoms. The highest BCUT2D eigenvalue weighted by atomic mass is 16.3. The Labute approximate surface area is 94.8 Å². The molecule has 0 N–H and O–H groups in total. The number of nitrogens with zero attached hydrogens (tertiary/aromatic N) is 2. The molecule has 0 aliphatic heterocycles. The zero-order valence-corrected chi connectivity index (χ0v) is 9.22. The number of carbonyl (C=O) groups excluding carboxylic acids is 1. The van der Waals surface area contributed by atoms with Gasteiger partial charge in [0.1, 0.15) is 5.76 Å². The fourth-order valence-electron chi connectivity index (χ4n) is 1.29. The van der Waals surface area contributed by atoms with Gasteiger partial charge in [0.25, 0.3) is 0 Å². The Hall–Kier alpha value is -2.02. The van der Waals surface area contributed by atoms with Gasteiger partial charge in [-0.05, 0) is 25.1 Å². The lowest BCUT2D eigenvalue weighted by atomic mass is 10.3. The van der Waals surface area contributed by atoms with Gasteiger partial charge in [-0.15, -0.1) is 0 Å². The minimum Gasteiger partial charge on any atom is -0.467 e. The Bertz CT molecular complexity index is 388. The lowest BCUT2D eigenvalue weighted by molar-refractivity contribution is -0.126. The number of furan rings is 1. The average Bonchev–Trinajstić information content (AvgIpc) is 2.77. The van der Waals surface area contributed by atoms with Crippen LogP contribution in [0, 0.1) is 11.3 Å². The molecule has 0 saturated heterocycles. The van der Waals surface area contributed by atoms with Crippen LogP contribution in [-0.2, 0) is 11.3 Å². The van der Waals surface area contributed by atoms with Gasteiger partial charge >= 0.3 is 0 Å². The highest BCUT2D eigenvalue weighted by Gasteiger charge is 2.11. The molecule has 84 valence electrons. The molecular weight excluding hydrogens is 204 g/mol. The van der Waals surface area contributed by atoms with Crippen molar-refractivity contribution in [3.05, 3.63) is 36.3 Å². The molecule has 0 aromatic carbocycles. The normalized spacial score (nSPS) is 10.2. The van der Waals surface area contributed by atoms with Gasteiger partial charge in [0.05, 0.1) is 25.3 Å². The van der Waals surface area contributed by atoms with Crippen molar-refractivity contribution < 1.29 is 9.21 Å². The molecule has 0 atom stereocenters. The Morgan fingerprint density at radius 2 is 2.50 bits per heavy atom. The van der Waals surface area contributed by atoms with Crippen LogP contribution in [0.5, 0.6) is 0 Å². The van der Waals surface area contributed by atoms with E-state index in [1.54, 1.807) is 30.2 Å². The van der Waals surface area contributed by atoms with E-state index in [0.29, 0.717) is 19.5 Å². The van der Waals surface area contributed by atoms with Crippen LogP contribution in [0.15, 0.2) is 35.0 Å². The highest BCUT2D eigenvalue weighted by molar-refractivity contribution is 5.87. The molecule has 0 aliphatic rings. The number of allylic oxidation sites excluding steroid dienone is 1. The molecule has 0 fully saturated rings. The summed E-state index contributed by atoms with van der Waals surface area (Å²) in [5.41, 5.74) is 0. The Morgan fingerprint density at radius 1 is 1.69 bits per heavy atom. The topological polar surface area (TPSA) is 57.2 Å². The number of carbonyl (C=O) groups is 1. The number of amides is 1. The van der Waals surface area contributed by atoms with E-state index < -0.39 is 0 Å². The smallest absolute Gasteiger partial charge is 0.246 e. The van der Waals surface area contributed by atoms with Crippen LogP contribution in [-0.4, -0.2) is 17.4 Å². The van der Waals surface area contributed by atoms with Crippen LogP contribution in [0.3, 0.4) is 0 Å². The van der Waals surface area contributed by atoms with Crippen molar-refractivity contribution in [1.29, 1.82) is 5.26 Å². The third-order valence-corrected chi connectivity index (χ3v) is 2.04. The van der Waals surface area contributed by atoms with E-state index in [1.165, 1.54) is 6.08 Å². The first-order chi connectivity index (χ1) is 7.77. The quantitative estimate of drug-likeness (QED) is 0.711. The molecule has 16 heavy (non-hydrogen) atoms. The highest BCUT2D eigenvalue weighted by Crippen LogP contribution is 2.06. The molecule has 0 saturated carbocycles.